The molecule has 0 amide bonds. The predicted octanol–water partition coefficient (Wildman–Crippen LogP) is 2.25. The Morgan fingerprint density at radius 2 is 2.21 bits per heavy atom. The van der Waals surface area contributed by atoms with Crippen LogP contribution >= 0.6 is 15.9 Å². The Hall–Kier alpha value is -0.850. The van der Waals surface area contributed by atoms with Crippen LogP contribution in [0.2, 0.25) is 0 Å². The topological polar surface area (TPSA) is 34.9 Å². The van der Waals surface area contributed by atoms with Crippen LogP contribution in [0.5, 0.6) is 0 Å². The molecule has 0 fully saturated rings. The summed E-state index contributed by atoms with van der Waals surface area (Å²) in [7, 11) is 0. The quantitative estimate of drug-likeness (QED) is 0.826. The summed E-state index contributed by atoms with van der Waals surface area (Å²) in [5, 5.41) is 3.25. The van der Waals surface area contributed by atoms with Gasteiger partial charge in [-0.3, -0.25) is 9.48 Å². The fourth-order valence-electron chi connectivity index (χ4n) is 0.854. The first-order valence-corrected chi connectivity index (χ1v) is 4.40. The lowest BCUT2D eigenvalue weighted by atomic mass is 10.4. The Morgan fingerprint density at radius 3 is 2.57 bits per heavy atom. The number of alkyl halides is 3. The number of nitrogens with zero attached hydrogens (tertiary/aromatic N) is 2. The average Bonchev–Trinajstić information content (AvgIpc) is 2.30. The molecule has 0 spiro atoms. The Morgan fingerprint density at radius 1 is 1.64 bits per heavy atom. The molecule has 0 saturated heterocycles. The van der Waals surface area contributed by atoms with Crippen molar-refractivity contribution >= 4 is 21.7 Å². The zero-order valence-electron chi connectivity index (χ0n) is 7.10. The van der Waals surface area contributed by atoms with E-state index < -0.39 is 11.9 Å². The Balaban J connectivity index is 2.99. The standard InChI is InChI=1S/C7H6BrF3N2O/c1-4(14)3-13-6(8)2-5(12-13)7(9,10)11/h2H,3H2,1H3. The first-order valence-electron chi connectivity index (χ1n) is 3.60. The number of carbonyl (C=O) groups excluding carboxylic acids is 1. The summed E-state index contributed by atoms with van der Waals surface area (Å²) >= 11 is 2.89. The van der Waals surface area contributed by atoms with E-state index in [4.69, 9.17) is 0 Å². The summed E-state index contributed by atoms with van der Waals surface area (Å²) in [6.45, 7) is 1.11. The first-order chi connectivity index (χ1) is 6.30. The van der Waals surface area contributed by atoms with E-state index in [2.05, 4.69) is 21.0 Å². The predicted molar refractivity (Wildman–Crippen MR) is 45.6 cm³/mol. The normalized spacial score (nSPS) is 11.8. The van der Waals surface area contributed by atoms with Crippen molar-refractivity contribution in [2.45, 2.75) is 19.6 Å². The zero-order chi connectivity index (χ0) is 10.9. The van der Waals surface area contributed by atoms with Crippen molar-refractivity contribution in [1.29, 1.82) is 0 Å². The molecule has 1 aromatic rings. The van der Waals surface area contributed by atoms with E-state index in [9.17, 15) is 18.0 Å². The average molecular weight is 271 g/mol. The summed E-state index contributed by atoms with van der Waals surface area (Å²) in [5.74, 6) is -0.262. The van der Waals surface area contributed by atoms with Crippen molar-refractivity contribution in [2.75, 3.05) is 0 Å². The van der Waals surface area contributed by atoms with Crippen molar-refractivity contribution in [3.63, 3.8) is 0 Å². The fraction of sp³-hybridized carbons (Fsp3) is 0.429. The minimum absolute atomic E-state index is 0.139. The maximum atomic E-state index is 12.1. The van der Waals surface area contributed by atoms with Gasteiger partial charge in [0.25, 0.3) is 0 Å². The molecule has 0 aliphatic carbocycles. The van der Waals surface area contributed by atoms with Gasteiger partial charge in [-0.05, 0) is 22.9 Å². The SMILES string of the molecule is CC(=O)Cn1nc(C(F)(F)F)cc1Br. The van der Waals surface area contributed by atoms with Crippen LogP contribution in [0.25, 0.3) is 0 Å². The number of rotatable bonds is 2. The Bertz CT molecular complexity index is 358. The largest absolute Gasteiger partial charge is 0.435 e. The van der Waals surface area contributed by atoms with Crippen molar-refractivity contribution in [2.24, 2.45) is 0 Å². The molecule has 0 unspecified atom stereocenters. The van der Waals surface area contributed by atoms with Crippen LogP contribution in [0.4, 0.5) is 13.2 Å². The monoisotopic (exact) mass is 270 g/mol. The maximum absolute atomic E-state index is 12.1. The second kappa shape index (κ2) is 3.72. The van der Waals surface area contributed by atoms with Crippen molar-refractivity contribution < 1.29 is 18.0 Å². The number of ketones is 1. The van der Waals surface area contributed by atoms with E-state index in [0.717, 1.165) is 10.7 Å². The van der Waals surface area contributed by atoms with Gasteiger partial charge in [-0.25, -0.2) is 0 Å². The van der Waals surface area contributed by atoms with Gasteiger partial charge >= 0.3 is 6.18 Å². The first kappa shape index (κ1) is 11.2. The molecular formula is C7H6BrF3N2O. The van der Waals surface area contributed by atoms with Crippen LogP contribution in [0, 0.1) is 0 Å². The lowest BCUT2D eigenvalue weighted by Gasteiger charge is -2.00. The summed E-state index contributed by atoms with van der Waals surface area (Å²) in [6.07, 6.45) is -4.48. The second-order valence-electron chi connectivity index (χ2n) is 2.71. The van der Waals surface area contributed by atoms with Gasteiger partial charge < -0.3 is 0 Å². The van der Waals surface area contributed by atoms with Gasteiger partial charge in [-0.15, -0.1) is 0 Å². The third-order valence-corrected chi connectivity index (χ3v) is 2.03. The molecule has 0 bridgehead atoms. The number of halogens is 4. The Labute approximate surface area is 86.0 Å². The number of hydrogen-bond donors (Lipinski definition) is 0. The molecule has 1 heterocycles. The minimum Gasteiger partial charge on any atom is -0.298 e. The van der Waals surface area contributed by atoms with Gasteiger partial charge in [-0.2, -0.15) is 18.3 Å². The molecule has 0 aromatic carbocycles. The van der Waals surface area contributed by atoms with Crippen molar-refractivity contribution in [3.05, 3.63) is 16.4 Å². The smallest absolute Gasteiger partial charge is 0.298 e. The van der Waals surface area contributed by atoms with E-state index in [0.29, 0.717) is 0 Å². The highest BCUT2D eigenvalue weighted by Crippen LogP contribution is 2.29. The van der Waals surface area contributed by atoms with Gasteiger partial charge in [0.15, 0.2) is 11.5 Å². The zero-order valence-corrected chi connectivity index (χ0v) is 8.68. The fourth-order valence-corrected chi connectivity index (χ4v) is 1.28. The molecule has 0 atom stereocenters. The van der Waals surface area contributed by atoms with E-state index in [-0.39, 0.29) is 16.9 Å². The summed E-state index contributed by atoms with van der Waals surface area (Å²) < 4.78 is 37.5. The minimum atomic E-state index is -4.48. The van der Waals surface area contributed by atoms with Gasteiger partial charge in [-0.1, -0.05) is 0 Å². The molecular weight excluding hydrogens is 265 g/mol. The van der Waals surface area contributed by atoms with E-state index in [1.165, 1.54) is 6.92 Å². The molecule has 7 heteroatoms. The van der Waals surface area contributed by atoms with E-state index in [1.807, 2.05) is 0 Å². The van der Waals surface area contributed by atoms with E-state index >= 15 is 0 Å². The lowest BCUT2D eigenvalue weighted by molar-refractivity contribution is -0.141. The highest BCUT2D eigenvalue weighted by atomic mass is 79.9. The molecule has 0 aliphatic heterocycles. The summed E-state index contributed by atoms with van der Waals surface area (Å²) in [6, 6.07) is 0.836. The van der Waals surface area contributed by atoms with Crippen LogP contribution in [0.15, 0.2) is 10.7 Å². The van der Waals surface area contributed by atoms with Gasteiger partial charge in [0.2, 0.25) is 0 Å². The molecule has 1 rings (SSSR count). The second-order valence-corrected chi connectivity index (χ2v) is 3.52. The van der Waals surface area contributed by atoms with Crippen molar-refractivity contribution in [3.8, 4) is 0 Å². The number of aromatic nitrogens is 2. The summed E-state index contributed by atoms with van der Waals surface area (Å²) in [4.78, 5) is 10.7. The van der Waals surface area contributed by atoms with Crippen LogP contribution in [-0.4, -0.2) is 15.6 Å². The highest BCUT2D eigenvalue weighted by molar-refractivity contribution is 9.10. The molecule has 14 heavy (non-hydrogen) atoms. The van der Waals surface area contributed by atoms with E-state index in [1.54, 1.807) is 0 Å². The number of carbonyl (C=O) groups is 1. The molecule has 0 N–H and O–H groups in total. The molecule has 0 aliphatic rings. The summed E-state index contributed by atoms with van der Waals surface area (Å²) in [5.41, 5.74) is -1.01. The third-order valence-electron chi connectivity index (χ3n) is 1.39. The van der Waals surface area contributed by atoms with Gasteiger partial charge in [0.1, 0.15) is 11.1 Å². The molecule has 1 aromatic heterocycles. The maximum Gasteiger partial charge on any atom is 0.435 e. The van der Waals surface area contributed by atoms with Gasteiger partial charge in [0, 0.05) is 6.07 Å². The molecule has 0 saturated carbocycles. The Kier molecular flexibility index (Phi) is 2.98. The number of hydrogen-bond acceptors (Lipinski definition) is 2. The third kappa shape index (κ3) is 2.57. The molecule has 3 nitrogen and oxygen atoms in total. The highest BCUT2D eigenvalue weighted by Gasteiger charge is 2.34. The molecule has 78 valence electrons. The lowest BCUT2D eigenvalue weighted by Crippen LogP contribution is -2.11. The van der Waals surface area contributed by atoms with Crippen LogP contribution in [0.1, 0.15) is 12.6 Å². The number of Topliss-reactive ketones (excluding diaryl/α,β-unsaturated/α-hetero) is 1. The van der Waals surface area contributed by atoms with Gasteiger partial charge in [0.05, 0.1) is 0 Å². The molecule has 0 radical (unpaired) electrons. The van der Waals surface area contributed by atoms with Crippen LogP contribution < -0.4 is 0 Å². The van der Waals surface area contributed by atoms with Crippen molar-refractivity contribution in [1.82, 2.24) is 9.78 Å². The van der Waals surface area contributed by atoms with Crippen LogP contribution in [0.3, 0.4) is 0 Å². The van der Waals surface area contributed by atoms with Crippen LogP contribution in [-0.2, 0) is 17.5 Å².